The summed E-state index contributed by atoms with van der Waals surface area (Å²) in [7, 11) is 3.96. The van der Waals surface area contributed by atoms with Gasteiger partial charge in [-0.25, -0.2) is 0 Å². The van der Waals surface area contributed by atoms with Gasteiger partial charge in [-0.1, -0.05) is 85.1 Å². The maximum Gasteiger partial charge on any atom is 0.123 e. The van der Waals surface area contributed by atoms with Gasteiger partial charge in [-0.2, -0.15) is 0 Å². The summed E-state index contributed by atoms with van der Waals surface area (Å²) in [4.78, 5) is 5.64. The Hall–Kier alpha value is -2.50. The first kappa shape index (κ1) is 19.3. The van der Waals surface area contributed by atoms with Crippen LogP contribution in [0, 0.1) is 0 Å². The fraction of sp³-hybridized carbons (Fsp3) is 0.182. The maximum absolute atomic E-state index is 5.99. The minimum atomic E-state index is 0.626. The summed E-state index contributed by atoms with van der Waals surface area (Å²) in [5.41, 5.74) is 2.07. The molecule has 0 fully saturated rings. The van der Waals surface area contributed by atoms with Gasteiger partial charge in [0.1, 0.15) is 21.5 Å². The van der Waals surface area contributed by atoms with Crippen LogP contribution in [-0.4, -0.2) is 33.9 Å². The van der Waals surface area contributed by atoms with Gasteiger partial charge >= 0.3 is 0 Å². The number of hydrogen-bond acceptors (Lipinski definition) is 3. The van der Waals surface area contributed by atoms with Gasteiger partial charge in [-0.3, -0.25) is 0 Å². The summed E-state index contributed by atoms with van der Waals surface area (Å²) in [5.74, 6) is 1.76. The predicted molar refractivity (Wildman–Crippen MR) is 118 cm³/mol. The molecule has 0 N–H and O–H groups in total. The lowest BCUT2D eigenvalue weighted by molar-refractivity contribution is 0.365. The molecule has 0 aliphatic heterocycles. The number of rotatable bonds is 6. The second-order valence-corrected chi connectivity index (χ2v) is 7.20. The van der Waals surface area contributed by atoms with Crippen molar-refractivity contribution in [1.29, 1.82) is 0 Å². The van der Waals surface area contributed by atoms with Crippen LogP contribution in [0.1, 0.15) is 22.6 Å². The smallest absolute Gasteiger partial charge is 0.123 e. The summed E-state index contributed by atoms with van der Waals surface area (Å²) < 4.78 is 5.99. The highest BCUT2D eigenvalue weighted by atomic mass is 32.1. The van der Waals surface area contributed by atoms with Crippen LogP contribution >= 0.6 is 24.4 Å². The third-order valence-corrected chi connectivity index (χ3v) is 5.33. The topological polar surface area (TPSA) is 19.6 Å². The van der Waals surface area contributed by atoms with Crippen LogP contribution in [0.15, 0.2) is 77.2 Å². The molecule has 27 heavy (non-hydrogen) atoms. The van der Waals surface area contributed by atoms with Gasteiger partial charge < -0.3 is 14.2 Å². The SMILES string of the molecule is CN(Cc1ccc(CN(C)C(=S)c2ccccc2)o1)C(=S)c1ccccc1. The Morgan fingerprint density at radius 3 is 1.41 bits per heavy atom. The minimum absolute atomic E-state index is 0.626. The Balaban J connectivity index is 1.60. The van der Waals surface area contributed by atoms with Crippen molar-refractivity contribution in [2.24, 2.45) is 0 Å². The summed E-state index contributed by atoms with van der Waals surface area (Å²) in [6, 6.07) is 24.0. The number of benzene rings is 2. The molecule has 0 amide bonds. The number of hydrogen-bond donors (Lipinski definition) is 0. The standard InChI is InChI=1S/C22H22N2OS2/c1-23(21(26)17-9-5-3-6-10-17)15-19-13-14-20(25-19)16-24(2)22(27)18-11-7-4-8-12-18/h3-14H,15-16H2,1-2H3. The zero-order chi connectivity index (χ0) is 19.2. The van der Waals surface area contributed by atoms with Crippen molar-refractivity contribution in [2.75, 3.05) is 14.1 Å². The third-order valence-electron chi connectivity index (χ3n) is 4.24. The maximum atomic E-state index is 5.99. The van der Waals surface area contributed by atoms with Crippen molar-refractivity contribution in [3.05, 3.63) is 95.4 Å². The van der Waals surface area contributed by atoms with E-state index in [1.54, 1.807) is 0 Å². The second-order valence-electron chi connectivity index (χ2n) is 6.42. The van der Waals surface area contributed by atoms with E-state index in [-0.39, 0.29) is 0 Å². The fourth-order valence-corrected chi connectivity index (χ4v) is 3.21. The van der Waals surface area contributed by atoms with E-state index in [9.17, 15) is 0 Å². The molecule has 0 radical (unpaired) electrons. The van der Waals surface area contributed by atoms with Gasteiger partial charge in [0.25, 0.3) is 0 Å². The number of nitrogens with zero attached hydrogens (tertiary/aromatic N) is 2. The van der Waals surface area contributed by atoms with Crippen molar-refractivity contribution >= 4 is 34.4 Å². The number of furan rings is 1. The zero-order valence-electron chi connectivity index (χ0n) is 15.5. The van der Waals surface area contributed by atoms with E-state index in [4.69, 9.17) is 28.9 Å². The van der Waals surface area contributed by atoms with Crippen molar-refractivity contribution in [1.82, 2.24) is 9.80 Å². The Morgan fingerprint density at radius 1 is 0.667 bits per heavy atom. The van der Waals surface area contributed by atoms with E-state index < -0.39 is 0 Å². The monoisotopic (exact) mass is 394 g/mol. The molecular formula is C22H22N2OS2. The molecule has 0 saturated carbocycles. The Morgan fingerprint density at radius 2 is 1.04 bits per heavy atom. The summed E-state index contributed by atoms with van der Waals surface area (Å²) in [5, 5.41) is 0. The molecule has 0 aliphatic rings. The van der Waals surface area contributed by atoms with E-state index in [0.717, 1.165) is 32.6 Å². The molecule has 0 bridgehead atoms. The molecule has 0 unspecified atom stereocenters. The quantitative estimate of drug-likeness (QED) is 0.553. The molecule has 0 saturated heterocycles. The van der Waals surface area contributed by atoms with Gasteiger partial charge in [-0.15, -0.1) is 0 Å². The average molecular weight is 395 g/mol. The molecule has 0 atom stereocenters. The predicted octanol–water partition coefficient (Wildman–Crippen LogP) is 4.89. The molecule has 0 spiro atoms. The molecule has 3 nitrogen and oxygen atoms in total. The zero-order valence-corrected chi connectivity index (χ0v) is 17.1. The highest BCUT2D eigenvalue weighted by Gasteiger charge is 2.13. The van der Waals surface area contributed by atoms with Crippen molar-refractivity contribution in [2.45, 2.75) is 13.1 Å². The fourth-order valence-electron chi connectivity index (χ4n) is 2.81. The van der Waals surface area contributed by atoms with Crippen LogP contribution in [0.25, 0.3) is 0 Å². The van der Waals surface area contributed by atoms with Gasteiger partial charge in [0, 0.05) is 25.2 Å². The molecule has 5 heteroatoms. The van der Waals surface area contributed by atoms with Crippen LogP contribution in [0.4, 0.5) is 0 Å². The molecule has 1 heterocycles. The Labute approximate surface area is 171 Å². The molecule has 0 aliphatic carbocycles. The van der Waals surface area contributed by atoms with E-state index in [1.165, 1.54) is 0 Å². The van der Waals surface area contributed by atoms with Crippen LogP contribution < -0.4 is 0 Å². The van der Waals surface area contributed by atoms with Gasteiger partial charge in [-0.05, 0) is 12.1 Å². The Kier molecular flexibility index (Phi) is 6.37. The van der Waals surface area contributed by atoms with Crippen LogP contribution in [0.3, 0.4) is 0 Å². The lowest BCUT2D eigenvalue weighted by Crippen LogP contribution is -2.25. The van der Waals surface area contributed by atoms with Crippen molar-refractivity contribution in [3.63, 3.8) is 0 Å². The largest absolute Gasteiger partial charge is 0.462 e. The van der Waals surface area contributed by atoms with Crippen LogP contribution in [0.2, 0.25) is 0 Å². The molecular weight excluding hydrogens is 372 g/mol. The normalized spacial score (nSPS) is 10.4. The van der Waals surface area contributed by atoms with Crippen LogP contribution in [-0.2, 0) is 13.1 Å². The molecule has 3 rings (SSSR count). The van der Waals surface area contributed by atoms with E-state index in [2.05, 4.69) is 0 Å². The van der Waals surface area contributed by atoms with E-state index in [0.29, 0.717) is 13.1 Å². The number of thiocarbonyl (C=S) groups is 2. The van der Waals surface area contributed by atoms with Crippen LogP contribution in [0.5, 0.6) is 0 Å². The van der Waals surface area contributed by atoms with Gasteiger partial charge in [0.05, 0.1) is 13.1 Å². The molecule has 3 aromatic rings. The average Bonchev–Trinajstić information content (AvgIpc) is 3.14. The molecule has 2 aromatic carbocycles. The second kappa shape index (κ2) is 8.93. The third kappa shape index (κ3) is 5.02. The molecule has 138 valence electrons. The van der Waals surface area contributed by atoms with Crippen molar-refractivity contribution < 1.29 is 4.42 Å². The summed E-state index contributed by atoms with van der Waals surface area (Å²) >= 11 is 11.1. The lowest BCUT2D eigenvalue weighted by atomic mass is 10.2. The lowest BCUT2D eigenvalue weighted by Gasteiger charge is -2.20. The minimum Gasteiger partial charge on any atom is -0.462 e. The van der Waals surface area contributed by atoms with Crippen molar-refractivity contribution in [3.8, 4) is 0 Å². The highest BCUT2D eigenvalue weighted by molar-refractivity contribution is 7.80. The first-order chi connectivity index (χ1) is 13.0. The highest BCUT2D eigenvalue weighted by Crippen LogP contribution is 2.15. The summed E-state index contributed by atoms with van der Waals surface area (Å²) in [6.07, 6.45) is 0. The Bertz CT molecular complexity index is 832. The van der Waals surface area contributed by atoms with Gasteiger partial charge in [0.2, 0.25) is 0 Å². The summed E-state index contributed by atoms with van der Waals surface area (Å²) in [6.45, 7) is 1.25. The van der Waals surface area contributed by atoms with E-state index in [1.807, 2.05) is 96.7 Å². The first-order valence-corrected chi connectivity index (χ1v) is 9.55. The molecule has 1 aromatic heterocycles. The van der Waals surface area contributed by atoms with Gasteiger partial charge in [0.15, 0.2) is 0 Å². The first-order valence-electron chi connectivity index (χ1n) is 8.73. The van der Waals surface area contributed by atoms with E-state index >= 15 is 0 Å².